The second kappa shape index (κ2) is 7.38. The first-order valence-corrected chi connectivity index (χ1v) is 7.56. The van der Waals surface area contributed by atoms with Gasteiger partial charge in [0, 0.05) is 11.1 Å². The Balaban J connectivity index is 2.21. The summed E-state index contributed by atoms with van der Waals surface area (Å²) in [7, 11) is 0. The predicted molar refractivity (Wildman–Crippen MR) is 86.3 cm³/mol. The third kappa shape index (κ3) is 3.71. The standard InChI is InChI=1S/C16H15N3O2S/c1-2-15(20)19-13(16(21)18-8-7-17)9-11-10-22-14-6-4-3-5-12(11)14/h2-6,10,13H,1,8-9H2,(H,18,21)(H,19,20). The van der Waals surface area contributed by atoms with Crippen molar-refractivity contribution in [1.82, 2.24) is 10.6 Å². The fourth-order valence-corrected chi connectivity index (χ4v) is 3.08. The molecule has 112 valence electrons. The number of carbonyl (C=O) groups is 2. The van der Waals surface area contributed by atoms with E-state index in [0.29, 0.717) is 6.42 Å². The Morgan fingerprint density at radius 2 is 2.18 bits per heavy atom. The minimum atomic E-state index is -0.739. The number of hydrogen-bond acceptors (Lipinski definition) is 4. The summed E-state index contributed by atoms with van der Waals surface area (Å²) in [5, 5.41) is 16.7. The molecule has 0 spiro atoms. The van der Waals surface area contributed by atoms with Crippen LogP contribution in [0.2, 0.25) is 0 Å². The average Bonchev–Trinajstić information content (AvgIpc) is 2.95. The maximum Gasteiger partial charge on any atom is 0.244 e. The van der Waals surface area contributed by atoms with Gasteiger partial charge in [-0.1, -0.05) is 24.8 Å². The average molecular weight is 313 g/mol. The highest BCUT2D eigenvalue weighted by Crippen LogP contribution is 2.26. The maximum absolute atomic E-state index is 12.1. The van der Waals surface area contributed by atoms with Gasteiger partial charge < -0.3 is 10.6 Å². The third-order valence-electron chi connectivity index (χ3n) is 3.15. The van der Waals surface area contributed by atoms with E-state index in [1.54, 1.807) is 11.3 Å². The van der Waals surface area contributed by atoms with E-state index in [0.717, 1.165) is 21.7 Å². The highest BCUT2D eigenvalue weighted by Gasteiger charge is 2.21. The highest BCUT2D eigenvalue weighted by atomic mass is 32.1. The van der Waals surface area contributed by atoms with Gasteiger partial charge in [0.15, 0.2) is 0 Å². The molecule has 0 aliphatic rings. The summed E-state index contributed by atoms with van der Waals surface area (Å²) in [5.41, 5.74) is 0.988. The Bertz CT molecular complexity index is 745. The molecule has 22 heavy (non-hydrogen) atoms. The summed E-state index contributed by atoms with van der Waals surface area (Å²) < 4.78 is 1.13. The molecule has 2 amide bonds. The number of fused-ring (bicyclic) bond motifs is 1. The van der Waals surface area contributed by atoms with E-state index in [4.69, 9.17) is 5.26 Å². The van der Waals surface area contributed by atoms with Crippen LogP contribution in [0.1, 0.15) is 5.56 Å². The molecule has 1 heterocycles. The SMILES string of the molecule is C=CC(=O)NC(Cc1csc2ccccc12)C(=O)NCC#N. The van der Waals surface area contributed by atoms with Crippen molar-refractivity contribution in [3.63, 3.8) is 0 Å². The van der Waals surface area contributed by atoms with Gasteiger partial charge in [0.1, 0.15) is 12.6 Å². The quantitative estimate of drug-likeness (QED) is 0.630. The van der Waals surface area contributed by atoms with Gasteiger partial charge in [-0.15, -0.1) is 11.3 Å². The molecule has 5 nitrogen and oxygen atoms in total. The van der Waals surface area contributed by atoms with Gasteiger partial charge in [0.25, 0.3) is 0 Å². The number of benzene rings is 1. The molecular formula is C16H15N3O2S. The number of thiophene rings is 1. The Kier molecular flexibility index (Phi) is 5.28. The zero-order chi connectivity index (χ0) is 15.9. The second-order valence-electron chi connectivity index (χ2n) is 4.60. The van der Waals surface area contributed by atoms with E-state index < -0.39 is 11.9 Å². The van der Waals surface area contributed by atoms with E-state index in [-0.39, 0.29) is 12.5 Å². The normalized spacial score (nSPS) is 11.4. The van der Waals surface area contributed by atoms with E-state index in [1.165, 1.54) is 0 Å². The van der Waals surface area contributed by atoms with Crippen LogP contribution in [0.15, 0.2) is 42.3 Å². The molecule has 0 bridgehead atoms. The summed E-state index contributed by atoms with van der Waals surface area (Å²) in [6.45, 7) is 3.29. The summed E-state index contributed by atoms with van der Waals surface area (Å²) >= 11 is 1.59. The molecule has 1 aromatic carbocycles. The maximum atomic E-state index is 12.1. The van der Waals surface area contributed by atoms with Crippen LogP contribution < -0.4 is 10.6 Å². The summed E-state index contributed by atoms with van der Waals surface area (Å²) in [4.78, 5) is 23.6. The van der Waals surface area contributed by atoms with Crippen LogP contribution >= 0.6 is 11.3 Å². The molecule has 2 rings (SSSR count). The minimum Gasteiger partial charge on any atom is -0.341 e. The third-order valence-corrected chi connectivity index (χ3v) is 4.16. The fraction of sp³-hybridized carbons (Fsp3) is 0.188. The molecule has 1 aromatic heterocycles. The summed E-state index contributed by atoms with van der Waals surface area (Å²) in [6.07, 6.45) is 1.48. The molecule has 2 N–H and O–H groups in total. The van der Waals surface area contributed by atoms with Crippen LogP contribution in [0.3, 0.4) is 0 Å². The van der Waals surface area contributed by atoms with Crippen LogP contribution in [0, 0.1) is 11.3 Å². The summed E-state index contributed by atoms with van der Waals surface area (Å²) in [6, 6.07) is 9.00. The van der Waals surface area contributed by atoms with Crippen molar-refractivity contribution in [3.8, 4) is 6.07 Å². The molecule has 1 unspecified atom stereocenters. The van der Waals surface area contributed by atoms with Gasteiger partial charge in [-0.3, -0.25) is 9.59 Å². The first-order valence-electron chi connectivity index (χ1n) is 6.68. The molecule has 0 saturated heterocycles. The number of nitriles is 1. The van der Waals surface area contributed by atoms with Crippen molar-refractivity contribution in [2.75, 3.05) is 6.54 Å². The molecule has 0 aliphatic carbocycles. The lowest BCUT2D eigenvalue weighted by molar-refractivity contribution is -0.126. The Labute approximate surface area is 132 Å². The van der Waals surface area contributed by atoms with Gasteiger partial charge in [-0.05, 0) is 28.5 Å². The first kappa shape index (κ1) is 15.7. The predicted octanol–water partition coefficient (Wildman–Crippen LogP) is 1.75. The van der Waals surface area contributed by atoms with Crippen LogP contribution in [0.4, 0.5) is 0 Å². The Morgan fingerprint density at radius 1 is 1.41 bits per heavy atom. The van der Waals surface area contributed by atoms with Crippen LogP contribution in [-0.4, -0.2) is 24.4 Å². The minimum absolute atomic E-state index is 0.0936. The first-order chi connectivity index (χ1) is 10.7. The number of hydrogen-bond donors (Lipinski definition) is 2. The van der Waals surface area contributed by atoms with Crippen molar-refractivity contribution in [2.24, 2.45) is 0 Å². The Morgan fingerprint density at radius 3 is 2.91 bits per heavy atom. The van der Waals surface area contributed by atoms with Crippen molar-refractivity contribution in [1.29, 1.82) is 5.26 Å². The number of rotatable bonds is 6. The number of carbonyl (C=O) groups excluding carboxylic acids is 2. The van der Waals surface area contributed by atoms with Gasteiger partial charge in [-0.2, -0.15) is 5.26 Å². The van der Waals surface area contributed by atoms with Crippen LogP contribution in [-0.2, 0) is 16.0 Å². The van der Waals surface area contributed by atoms with E-state index in [2.05, 4.69) is 17.2 Å². The van der Waals surface area contributed by atoms with Crippen molar-refractivity contribution < 1.29 is 9.59 Å². The van der Waals surface area contributed by atoms with Crippen molar-refractivity contribution in [2.45, 2.75) is 12.5 Å². The monoisotopic (exact) mass is 313 g/mol. The highest BCUT2D eigenvalue weighted by molar-refractivity contribution is 7.17. The van der Waals surface area contributed by atoms with Crippen molar-refractivity contribution >= 4 is 33.2 Å². The number of amides is 2. The topological polar surface area (TPSA) is 82.0 Å². The number of nitrogens with zero attached hydrogens (tertiary/aromatic N) is 1. The van der Waals surface area contributed by atoms with E-state index in [1.807, 2.05) is 35.7 Å². The molecule has 0 fully saturated rings. The molecule has 0 aliphatic heterocycles. The van der Waals surface area contributed by atoms with E-state index in [9.17, 15) is 9.59 Å². The van der Waals surface area contributed by atoms with Crippen molar-refractivity contribution in [3.05, 3.63) is 47.9 Å². The molecule has 6 heteroatoms. The van der Waals surface area contributed by atoms with Gasteiger partial charge in [0.05, 0.1) is 6.07 Å². The lowest BCUT2D eigenvalue weighted by atomic mass is 10.0. The van der Waals surface area contributed by atoms with Crippen LogP contribution in [0.5, 0.6) is 0 Å². The smallest absolute Gasteiger partial charge is 0.244 e. The fourth-order valence-electron chi connectivity index (χ4n) is 2.10. The van der Waals surface area contributed by atoms with Crippen LogP contribution in [0.25, 0.3) is 10.1 Å². The Hall–Kier alpha value is -2.65. The summed E-state index contributed by atoms with van der Waals surface area (Å²) in [5.74, 6) is -0.802. The lowest BCUT2D eigenvalue weighted by Crippen LogP contribution is -2.47. The van der Waals surface area contributed by atoms with Gasteiger partial charge >= 0.3 is 0 Å². The second-order valence-corrected chi connectivity index (χ2v) is 5.51. The lowest BCUT2D eigenvalue weighted by Gasteiger charge is -2.16. The molecule has 0 radical (unpaired) electrons. The van der Waals surface area contributed by atoms with E-state index >= 15 is 0 Å². The molecule has 1 atom stereocenters. The molecule has 2 aromatic rings. The number of nitrogens with one attached hydrogen (secondary N) is 2. The zero-order valence-electron chi connectivity index (χ0n) is 11.8. The van der Waals surface area contributed by atoms with Gasteiger partial charge in [-0.25, -0.2) is 0 Å². The largest absolute Gasteiger partial charge is 0.341 e. The molecular weight excluding hydrogens is 298 g/mol. The molecule has 0 saturated carbocycles. The zero-order valence-corrected chi connectivity index (χ0v) is 12.7. The van der Waals surface area contributed by atoms with Gasteiger partial charge in [0.2, 0.25) is 11.8 Å².